The Hall–Kier alpha value is -2.08. The van der Waals surface area contributed by atoms with Crippen LogP contribution in [0.2, 0.25) is 0 Å². The molecule has 19 heavy (non-hydrogen) atoms. The number of nitrogens with one attached hydrogen (secondary N) is 1. The van der Waals surface area contributed by atoms with Crippen LogP contribution in [0.3, 0.4) is 0 Å². The number of imidazole rings is 1. The van der Waals surface area contributed by atoms with E-state index in [9.17, 15) is 0 Å². The molecule has 0 fully saturated rings. The first-order valence-corrected chi connectivity index (χ1v) is 6.67. The van der Waals surface area contributed by atoms with Gasteiger partial charge in [-0.1, -0.05) is 6.07 Å². The Morgan fingerprint density at radius 1 is 1.11 bits per heavy atom. The first kappa shape index (κ1) is 12.0. The number of benzene rings is 1. The second-order valence-electron chi connectivity index (χ2n) is 4.34. The van der Waals surface area contributed by atoms with E-state index in [2.05, 4.69) is 32.9 Å². The van der Waals surface area contributed by atoms with E-state index in [0.29, 0.717) is 11.6 Å². The van der Waals surface area contributed by atoms with Crippen molar-refractivity contribution in [3.8, 4) is 0 Å². The van der Waals surface area contributed by atoms with Gasteiger partial charge in [0.1, 0.15) is 16.7 Å². The molecular formula is C13H13N5S. The summed E-state index contributed by atoms with van der Waals surface area (Å²) in [7, 11) is 0. The summed E-state index contributed by atoms with van der Waals surface area (Å²) in [5.41, 5.74) is 8.90. The van der Waals surface area contributed by atoms with Crippen LogP contribution in [0.25, 0.3) is 11.0 Å². The maximum atomic E-state index is 5.71. The topological polar surface area (TPSA) is 80.5 Å². The molecule has 3 aromatic rings. The maximum Gasteiger partial charge on any atom is 0.172 e. The first-order chi connectivity index (χ1) is 9.10. The van der Waals surface area contributed by atoms with Crippen LogP contribution in [-0.2, 0) is 0 Å². The number of aromatic nitrogens is 4. The van der Waals surface area contributed by atoms with Crippen molar-refractivity contribution >= 4 is 28.6 Å². The zero-order chi connectivity index (χ0) is 13.4. The molecule has 3 N–H and O–H groups in total. The Morgan fingerprint density at radius 3 is 2.74 bits per heavy atom. The zero-order valence-electron chi connectivity index (χ0n) is 10.6. The van der Waals surface area contributed by atoms with Gasteiger partial charge in [0.15, 0.2) is 5.16 Å². The normalized spacial score (nSPS) is 11.1. The highest BCUT2D eigenvalue weighted by molar-refractivity contribution is 7.99. The predicted octanol–water partition coefficient (Wildman–Crippen LogP) is 2.70. The van der Waals surface area contributed by atoms with Crippen LogP contribution in [0.1, 0.15) is 11.4 Å². The van der Waals surface area contributed by atoms with Crippen molar-refractivity contribution in [2.24, 2.45) is 0 Å². The van der Waals surface area contributed by atoms with Gasteiger partial charge >= 0.3 is 0 Å². The second-order valence-corrected chi connectivity index (χ2v) is 5.35. The number of aryl methyl sites for hydroxylation is 2. The molecule has 0 radical (unpaired) electrons. The minimum atomic E-state index is 0.474. The number of nitrogen functional groups attached to an aromatic ring is 1. The Morgan fingerprint density at radius 2 is 1.95 bits per heavy atom. The molecule has 0 amide bonds. The van der Waals surface area contributed by atoms with Gasteiger partial charge in [0.05, 0.1) is 11.0 Å². The lowest BCUT2D eigenvalue weighted by Crippen LogP contribution is -1.96. The van der Waals surface area contributed by atoms with Crippen LogP contribution < -0.4 is 5.73 Å². The van der Waals surface area contributed by atoms with Gasteiger partial charge in [0.2, 0.25) is 0 Å². The van der Waals surface area contributed by atoms with Crippen LogP contribution in [0, 0.1) is 13.8 Å². The largest absolute Gasteiger partial charge is 0.384 e. The Balaban J connectivity index is 1.96. The van der Waals surface area contributed by atoms with Crippen LogP contribution in [0.15, 0.2) is 34.4 Å². The smallest absolute Gasteiger partial charge is 0.172 e. The summed E-state index contributed by atoms with van der Waals surface area (Å²) >= 11 is 1.45. The van der Waals surface area contributed by atoms with Gasteiger partial charge in [-0.15, -0.1) is 0 Å². The molecule has 0 bridgehead atoms. The Bertz CT molecular complexity index is 730. The van der Waals surface area contributed by atoms with Crippen molar-refractivity contribution in [1.82, 2.24) is 19.9 Å². The van der Waals surface area contributed by atoms with Crippen LogP contribution in [0.5, 0.6) is 0 Å². The summed E-state index contributed by atoms with van der Waals surface area (Å²) in [4.78, 5) is 16.2. The lowest BCUT2D eigenvalue weighted by atomic mass is 10.2. The first-order valence-electron chi connectivity index (χ1n) is 5.85. The average molecular weight is 271 g/mol. The zero-order valence-corrected chi connectivity index (χ0v) is 11.5. The van der Waals surface area contributed by atoms with Gasteiger partial charge in [0.25, 0.3) is 0 Å². The summed E-state index contributed by atoms with van der Waals surface area (Å²) in [5.74, 6) is 1.14. The molecule has 96 valence electrons. The van der Waals surface area contributed by atoms with Crippen molar-refractivity contribution in [3.05, 3.63) is 35.7 Å². The van der Waals surface area contributed by atoms with Gasteiger partial charge in [-0.2, -0.15) is 0 Å². The van der Waals surface area contributed by atoms with E-state index in [-0.39, 0.29) is 0 Å². The minimum Gasteiger partial charge on any atom is -0.384 e. The number of anilines is 1. The third-order valence-corrected chi connectivity index (χ3v) is 3.46. The standard InChI is InChI=1S/C13H13N5S/c1-7-3-4-9-10(5-7)18-13(17-9)19-12-6-11(14)15-8(2)16-12/h3-6H,1-2H3,(H,17,18)(H2,14,15,16). The Kier molecular flexibility index (Phi) is 2.87. The summed E-state index contributed by atoms with van der Waals surface area (Å²) in [6, 6.07) is 7.87. The fourth-order valence-corrected chi connectivity index (χ4v) is 2.72. The number of hydrogen-bond acceptors (Lipinski definition) is 5. The number of aromatic amines is 1. The number of fused-ring (bicyclic) bond motifs is 1. The van der Waals surface area contributed by atoms with E-state index < -0.39 is 0 Å². The molecule has 5 nitrogen and oxygen atoms in total. The molecule has 1 aromatic carbocycles. The fraction of sp³-hybridized carbons (Fsp3) is 0.154. The highest BCUT2D eigenvalue weighted by Crippen LogP contribution is 2.26. The average Bonchev–Trinajstić information content (AvgIpc) is 2.68. The van der Waals surface area contributed by atoms with Gasteiger partial charge < -0.3 is 10.7 Å². The molecule has 0 saturated heterocycles. The SMILES string of the molecule is Cc1ccc2nc(Sc3cc(N)nc(C)n3)[nH]c2c1. The van der Waals surface area contributed by atoms with E-state index in [1.54, 1.807) is 6.07 Å². The molecule has 0 aliphatic carbocycles. The van der Waals surface area contributed by atoms with E-state index in [1.807, 2.05) is 19.1 Å². The van der Waals surface area contributed by atoms with Gasteiger partial charge in [-0.3, -0.25) is 0 Å². The fourth-order valence-electron chi connectivity index (χ4n) is 1.86. The highest BCUT2D eigenvalue weighted by Gasteiger charge is 2.07. The maximum absolute atomic E-state index is 5.71. The molecule has 2 heterocycles. The second kappa shape index (κ2) is 4.55. The lowest BCUT2D eigenvalue weighted by Gasteiger charge is -2.00. The molecule has 0 spiro atoms. The molecule has 0 unspecified atom stereocenters. The molecule has 0 atom stereocenters. The van der Waals surface area contributed by atoms with Crippen molar-refractivity contribution in [1.29, 1.82) is 0 Å². The monoisotopic (exact) mass is 271 g/mol. The Labute approximate surface area is 114 Å². The molecule has 6 heteroatoms. The van der Waals surface area contributed by atoms with Crippen molar-refractivity contribution in [2.45, 2.75) is 24.0 Å². The van der Waals surface area contributed by atoms with E-state index in [4.69, 9.17) is 5.73 Å². The molecule has 0 saturated carbocycles. The van der Waals surface area contributed by atoms with Gasteiger partial charge in [-0.25, -0.2) is 15.0 Å². The molecule has 0 aliphatic heterocycles. The third-order valence-electron chi connectivity index (χ3n) is 2.65. The lowest BCUT2D eigenvalue weighted by molar-refractivity contribution is 0.967. The molecule has 3 rings (SSSR count). The number of nitrogens with two attached hydrogens (primary N) is 1. The van der Waals surface area contributed by atoms with Crippen LogP contribution >= 0.6 is 11.8 Å². The predicted molar refractivity (Wildman–Crippen MR) is 76.1 cm³/mol. The quantitative estimate of drug-likeness (QED) is 0.700. The third kappa shape index (κ3) is 2.53. The van der Waals surface area contributed by atoms with Crippen molar-refractivity contribution in [3.63, 3.8) is 0 Å². The van der Waals surface area contributed by atoms with Gasteiger partial charge in [0, 0.05) is 6.07 Å². The number of H-pyrrole nitrogens is 1. The summed E-state index contributed by atoms with van der Waals surface area (Å²) in [6.07, 6.45) is 0. The molecule has 0 aliphatic rings. The van der Waals surface area contributed by atoms with E-state index in [1.165, 1.54) is 17.3 Å². The summed E-state index contributed by atoms with van der Waals surface area (Å²) in [5, 5.41) is 1.60. The molecule has 2 aromatic heterocycles. The van der Waals surface area contributed by atoms with Crippen LogP contribution in [0.4, 0.5) is 5.82 Å². The van der Waals surface area contributed by atoms with Crippen molar-refractivity contribution in [2.75, 3.05) is 5.73 Å². The number of hydrogen-bond donors (Lipinski definition) is 2. The minimum absolute atomic E-state index is 0.474. The molecular weight excluding hydrogens is 258 g/mol. The summed E-state index contributed by atoms with van der Waals surface area (Å²) in [6.45, 7) is 3.88. The van der Waals surface area contributed by atoms with Crippen LogP contribution in [-0.4, -0.2) is 19.9 Å². The number of rotatable bonds is 2. The highest BCUT2D eigenvalue weighted by atomic mass is 32.2. The summed E-state index contributed by atoms with van der Waals surface area (Å²) < 4.78 is 0. The van der Waals surface area contributed by atoms with E-state index in [0.717, 1.165) is 21.2 Å². The van der Waals surface area contributed by atoms with E-state index >= 15 is 0 Å². The number of nitrogens with zero attached hydrogens (tertiary/aromatic N) is 3. The van der Waals surface area contributed by atoms with Crippen molar-refractivity contribution < 1.29 is 0 Å². The van der Waals surface area contributed by atoms with Gasteiger partial charge in [-0.05, 0) is 43.3 Å².